The molecule has 0 radical (unpaired) electrons. The van der Waals surface area contributed by atoms with Crippen molar-refractivity contribution in [1.29, 1.82) is 0 Å². The van der Waals surface area contributed by atoms with Crippen molar-refractivity contribution < 1.29 is 28.2 Å². The molecule has 0 spiro atoms. The summed E-state index contributed by atoms with van der Waals surface area (Å²) in [5, 5.41) is 9.90. The van der Waals surface area contributed by atoms with Crippen LogP contribution in [0.2, 0.25) is 0 Å². The van der Waals surface area contributed by atoms with Gasteiger partial charge in [-0.25, -0.2) is 19.5 Å². The Morgan fingerprint density at radius 3 is 2.71 bits per heavy atom. The Balaban J connectivity index is 1.30. The molecule has 0 bridgehead atoms. The minimum Gasteiger partial charge on any atom is -0.497 e. The van der Waals surface area contributed by atoms with Crippen LogP contribution in [0.15, 0.2) is 61.2 Å². The Kier molecular flexibility index (Phi) is 9.74. The summed E-state index contributed by atoms with van der Waals surface area (Å²) in [4.78, 5) is 12.5. The van der Waals surface area contributed by atoms with Crippen molar-refractivity contribution in [3.8, 4) is 11.5 Å². The molecule has 1 fully saturated rings. The molecule has 3 N–H and O–H groups in total. The van der Waals surface area contributed by atoms with Crippen molar-refractivity contribution >= 4 is 46.2 Å². The number of nitrogens with two attached hydrogens (primary N) is 1. The first kappa shape index (κ1) is 29.7. The molecule has 0 saturated carbocycles. The summed E-state index contributed by atoms with van der Waals surface area (Å²) >= 11 is 0. The van der Waals surface area contributed by atoms with E-state index in [1.165, 1.54) is 6.33 Å². The highest BCUT2D eigenvalue weighted by Crippen LogP contribution is 2.55. The number of hydrogen-bond acceptors (Lipinski definition) is 12. The van der Waals surface area contributed by atoms with Crippen molar-refractivity contribution in [1.82, 2.24) is 19.5 Å². The number of rotatable bonds is 12. The zero-order valence-electron chi connectivity index (χ0n) is 22.7. The van der Waals surface area contributed by atoms with Crippen molar-refractivity contribution in [3.63, 3.8) is 0 Å². The smallest absolute Gasteiger partial charge is 0.405 e. The second-order valence-corrected chi connectivity index (χ2v) is 14.0. The van der Waals surface area contributed by atoms with E-state index in [2.05, 4.69) is 15.0 Å². The maximum atomic E-state index is 14.2. The highest BCUT2D eigenvalue weighted by atomic mass is 33.1. The van der Waals surface area contributed by atoms with E-state index in [4.69, 9.17) is 24.3 Å². The number of fused-ring (bicyclic) bond motifs is 1. The standard InChI is InChI=1S/C27H32N5O6PS2/c1-18(12-32-16-31-25-26(28)29-15-30-27(25)32)36-17-39(34,37-21-9-7-20(35-2)8-10-21)38-22-11-24(41-40-14-22)23-6-4-3-5-19(23)13-33/h3-10,15-16,18,22,24,33H,11-14,17H2,1-2H3,(H2,28,29,30). The van der Waals surface area contributed by atoms with Crippen LogP contribution in [0.1, 0.15) is 29.7 Å². The number of aromatic nitrogens is 4. The molecule has 1 aliphatic heterocycles. The third kappa shape index (κ3) is 7.35. The first-order valence-corrected chi connectivity index (χ1v) is 17.1. The number of benzene rings is 2. The average Bonchev–Trinajstić information content (AvgIpc) is 3.40. The van der Waals surface area contributed by atoms with Gasteiger partial charge >= 0.3 is 7.60 Å². The third-order valence-corrected chi connectivity index (χ3v) is 10.9. The fraction of sp³-hybridized carbons (Fsp3) is 0.370. The van der Waals surface area contributed by atoms with Crippen LogP contribution >= 0.6 is 29.2 Å². The molecule has 4 unspecified atom stereocenters. The van der Waals surface area contributed by atoms with Crippen LogP contribution in [0.5, 0.6) is 11.5 Å². The van der Waals surface area contributed by atoms with E-state index in [1.807, 2.05) is 35.8 Å². The number of ether oxygens (including phenoxy) is 2. The Labute approximate surface area is 246 Å². The zero-order valence-corrected chi connectivity index (χ0v) is 25.2. The Morgan fingerprint density at radius 2 is 1.93 bits per heavy atom. The molecule has 1 saturated heterocycles. The van der Waals surface area contributed by atoms with Crippen LogP contribution in [0, 0.1) is 0 Å². The molecular formula is C27H32N5O6PS2. The van der Waals surface area contributed by atoms with Gasteiger partial charge in [0.2, 0.25) is 0 Å². The highest BCUT2D eigenvalue weighted by molar-refractivity contribution is 8.76. The van der Waals surface area contributed by atoms with Crippen molar-refractivity contribution in [2.24, 2.45) is 0 Å². The first-order chi connectivity index (χ1) is 19.9. The van der Waals surface area contributed by atoms with E-state index in [1.54, 1.807) is 59.3 Å². The summed E-state index contributed by atoms with van der Waals surface area (Å²) in [6, 6.07) is 14.6. The summed E-state index contributed by atoms with van der Waals surface area (Å²) in [6.45, 7) is 2.22. The Morgan fingerprint density at radius 1 is 1.15 bits per heavy atom. The number of nitrogen functional groups attached to an aromatic ring is 1. The third-order valence-electron chi connectivity index (χ3n) is 6.50. The second kappa shape index (κ2) is 13.5. The van der Waals surface area contributed by atoms with E-state index < -0.39 is 7.60 Å². The van der Waals surface area contributed by atoms with Crippen LogP contribution in [0.4, 0.5) is 5.82 Å². The van der Waals surface area contributed by atoms with Gasteiger partial charge in [0.15, 0.2) is 17.8 Å². The summed E-state index contributed by atoms with van der Waals surface area (Å²) < 4.78 is 39.6. The number of aliphatic hydroxyl groups is 1. The molecule has 11 nitrogen and oxygen atoms in total. The lowest BCUT2D eigenvalue weighted by Crippen LogP contribution is -2.24. The topological polar surface area (TPSA) is 144 Å². The molecule has 218 valence electrons. The fourth-order valence-corrected chi connectivity index (χ4v) is 9.18. The summed E-state index contributed by atoms with van der Waals surface area (Å²) in [7, 11) is 1.18. The predicted octanol–water partition coefficient (Wildman–Crippen LogP) is 5.46. The molecule has 4 aromatic rings. The normalized spacial score (nSPS) is 19.5. The van der Waals surface area contributed by atoms with Gasteiger partial charge in [-0.05, 0) is 48.7 Å². The molecule has 5 rings (SSSR count). The summed E-state index contributed by atoms with van der Waals surface area (Å²) in [6.07, 6.45) is 2.65. The number of aliphatic hydroxyl groups excluding tert-OH is 1. The highest BCUT2D eigenvalue weighted by Gasteiger charge is 2.36. The van der Waals surface area contributed by atoms with Gasteiger partial charge in [-0.15, -0.1) is 0 Å². The quantitative estimate of drug-likeness (QED) is 0.154. The molecule has 2 aromatic carbocycles. The van der Waals surface area contributed by atoms with Gasteiger partial charge < -0.3 is 29.4 Å². The van der Waals surface area contributed by atoms with Crippen LogP contribution in [-0.2, 0) is 27.0 Å². The maximum absolute atomic E-state index is 14.2. The van der Waals surface area contributed by atoms with Gasteiger partial charge in [0, 0.05) is 11.0 Å². The number of hydrogen-bond donors (Lipinski definition) is 2. The van der Waals surface area contributed by atoms with Crippen molar-refractivity contribution in [2.75, 3.05) is 24.9 Å². The molecule has 2 aromatic heterocycles. The van der Waals surface area contributed by atoms with Crippen molar-refractivity contribution in [3.05, 3.63) is 72.3 Å². The van der Waals surface area contributed by atoms with E-state index in [-0.39, 0.29) is 30.4 Å². The number of anilines is 1. The lowest BCUT2D eigenvalue weighted by Gasteiger charge is -2.32. The maximum Gasteiger partial charge on any atom is 0.405 e. The van der Waals surface area contributed by atoms with Crippen LogP contribution in [-0.4, -0.2) is 56.0 Å². The second-order valence-electron chi connectivity index (χ2n) is 9.50. The van der Waals surface area contributed by atoms with Gasteiger partial charge in [-0.1, -0.05) is 45.9 Å². The van der Waals surface area contributed by atoms with Gasteiger partial charge in [0.1, 0.15) is 23.3 Å². The average molecular weight is 618 g/mol. The summed E-state index contributed by atoms with van der Waals surface area (Å²) in [5.41, 5.74) is 8.94. The zero-order chi connectivity index (χ0) is 28.8. The van der Waals surface area contributed by atoms with Crippen LogP contribution < -0.4 is 15.0 Å². The molecule has 1 aliphatic rings. The first-order valence-electron chi connectivity index (χ1n) is 13.0. The van der Waals surface area contributed by atoms with Gasteiger partial charge in [0.05, 0.1) is 38.8 Å². The SMILES string of the molecule is COc1ccc(OP(=O)(COC(C)Cn2cnc3c(N)ncnc32)OC2CSSC(c3ccccc3CO)C2)cc1. The minimum atomic E-state index is -3.78. The van der Waals surface area contributed by atoms with Crippen LogP contribution in [0.25, 0.3) is 11.2 Å². The van der Waals surface area contributed by atoms with Gasteiger partial charge in [-0.2, -0.15) is 0 Å². The monoisotopic (exact) mass is 617 g/mol. The lowest BCUT2D eigenvalue weighted by molar-refractivity contribution is 0.0672. The van der Waals surface area contributed by atoms with Gasteiger partial charge in [0.25, 0.3) is 0 Å². The molecule has 0 aliphatic carbocycles. The fourth-order valence-electron chi connectivity index (χ4n) is 4.47. The molecule has 41 heavy (non-hydrogen) atoms. The molecule has 4 atom stereocenters. The minimum absolute atomic E-state index is 0.0426. The largest absolute Gasteiger partial charge is 0.497 e. The van der Waals surface area contributed by atoms with E-state index in [0.29, 0.717) is 47.2 Å². The number of imidazole rings is 1. The Hall–Kier alpha value is -2.80. The van der Waals surface area contributed by atoms with Crippen LogP contribution in [0.3, 0.4) is 0 Å². The molecule has 3 heterocycles. The molecular weight excluding hydrogens is 585 g/mol. The van der Waals surface area contributed by atoms with E-state index >= 15 is 0 Å². The van der Waals surface area contributed by atoms with Crippen molar-refractivity contribution in [2.45, 2.75) is 44.0 Å². The number of methoxy groups -OCH3 is 1. The molecule has 14 heteroatoms. The number of nitrogens with zero attached hydrogens (tertiary/aromatic N) is 4. The van der Waals surface area contributed by atoms with Gasteiger partial charge in [-0.3, -0.25) is 4.52 Å². The predicted molar refractivity (Wildman–Crippen MR) is 161 cm³/mol. The molecule has 0 amide bonds. The Bertz CT molecular complexity index is 1510. The van der Waals surface area contributed by atoms with E-state index in [0.717, 1.165) is 11.1 Å². The van der Waals surface area contributed by atoms with E-state index in [9.17, 15) is 9.67 Å². The summed E-state index contributed by atoms with van der Waals surface area (Å²) in [5.74, 6) is 1.98. The lowest BCUT2D eigenvalue weighted by atomic mass is 10.0.